The van der Waals surface area contributed by atoms with Crippen molar-refractivity contribution in [2.45, 2.75) is 11.4 Å². The van der Waals surface area contributed by atoms with E-state index in [1.54, 1.807) is 6.07 Å². The molecule has 1 aromatic carbocycles. The maximum atomic E-state index is 13.2. The van der Waals surface area contributed by atoms with E-state index in [2.05, 4.69) is 9.82 Å². The van der Waals surface area contributed by atoms with Crippen LogP contribution >= 0.6 is 11.3 Å². The molecular formula is C16H14FN3O3S2. The van der Waals surface area contributed by atoms with E-state index in [0.717, 1.165) is 10.9 Å². The molecular weight excluding hydrogens is 365 g/mol. The summed E-state index contributed by atoms with van der Waals surface area (Å²) in [7, 11) is -3.85. The van der Waals surface area contributed by atoms with Crippen LogP contribution in [0.3, 0.4) is 0 Å². The summed E-state index contributed by atoms with van der Waals surface area (Å²) in [6.45, 7) is 0.0201. The standard InChI is InChI=1S/C16H14FN3O3S2/c17-12-3-1-4-13(11-12)25(22,23)18-8-9-20-16(21)7-6-14(19-20)15-5-2-10-24-15/h1-7,10-11,18H,8-9H2. The van der Waals surface area contributed by atoms with Gasteiger partial charge in [-0.2, -0.15) is 5.10 Å². The fourth-order valence-corrected chi connectivity index (χ4v) is 3.91. The van der Waals surface area contributed by atoms with Gasteiger partial charge >= 0.3 is 0 Å². The summed E-state index contributed by atoms with van der Waals surface area (Å²) in [6, 6.07) is 11.5. The zero-order valence-corrected chi connectivity index (χ0v) is 14.6. The van der Waals surface area contributed by atoms with E-state index in [4.69, 9.17) is 0 Å². The van der Waals surface area contributed by atoms with Crippen LogP contribution in [-0.2, 0) is 16.6 Å². The van der Waals surface area contributed by atoms with Crippen molar-refractivity contribution in [2.24, 2.45) is 0 Å². The molecule has 25 heavy (non-hydrogen) atoms. The highest BCUT2D eigenvalue weighted by Gasteiger charge is 2.14. The summed E-state index contributed by atoms with van der Waals surface area (Å²) in [5.74, 6) is -0.635. The monoisotopic (exact) mass is 379 g/mol. The highest BCUT2D eigenvalue weighted by molar-refractivity contribution is 7.89. The Balaban J connectivity index is 1.72. The van der Waals surface area contributed by atoms with Gasteiger partial charge in [0.2, 0.25) is 10.0 Å². The maximum absolute atomic E-state index is 13.2. The molecule has 0 bridgehead atoms. The van der Waals surface area contributed by atoms with E-state index in [1.165, 1.54) is 40.3 Å². The van der Waals surface area contributed by atoms with E-state index < -0.39 is 15.8 Å². The van der Waals surface area contributed by atoms with Crippen LogP contribution in [0.1, 0.15) is 0 Å². The summed E-state index contributed by atoms with van der Waals surface area (Å²) >= 11 is 1.49. The van der Waals surface area contributed by atoms with E-state index in [0.29, 0.717) is 5.69 Å². The van der Waals surface area contributed by atoms with Gasteiger partial charge in [-0.1, -0.05) is 12.1 Å². The Morgan fingerprint density at radius 3 is 2.72 bits per heavy atom. The Morgan fingerprint density at radius 2 is 2.00 bits per heavy atom. The molecule has 0 unspecified atom stereocenters. The number of sulfonamides is 1. The Hall–Kier alpha value is -2.36. The summed E-state index contributed by atoms with van der Waals surface area (Å²) in [6.07, 6.45) is 0. The molecule has 0 fully saturated rings. The normalized spacial score (nSPS) is 11.6. The van der Waals surface area contributed by atoms with Crippen molar-refractivity contribution in [1.82, 2.24) is 14.5 Å². The predicted octanol–water partition coefficient (Wildman–Crippen LogP) is 2.09. The minimum atomic E-state index is -3.85. The lowest BCUT2D eigenvalue weighted by atomic mass is 10.3. The largest absolute Gasteiger partial charge is 0.268 e. The lowest BCUT2D eigenvalue weighted by molar-refractivity contribution is 0.547. The lowest BCUT2D eigenvalue weighted by Gasteiger charge is -2.09. The first-order valence-electron chi connectivity index (χ1n) is 7.33. The van der Waals surface area contributed by atoms with Gasteiger partial charge in [0.05, 0.1) is 16.3 Å². The van der Waals surface area contributed by atoms with Crippen molar-refractivity contribution < 1.29 is 12.8 Å². The summed E-state index contributed by atoms with van der Waals surface area (Å²) in [4.78, 5) is 12.6. The molecule has 0 atom stereocenters. The summed E-state index contributed by atoms with van der Waals surface area (Å²) < 4.78 is 41.0. The molecule has 0 aliphatic heterocycles. The maximum Gasteiger partial charge on any atom is 0.266 e. The minimum Gasteiger partial charge on any atom is -0.268 e. The number of nitrogens with zero attached hydrogens (tertiary/aromatic N) is 2. The summed E-state index contributed by atoms with van der Waals surface area (Å²) in [5.41, 5.74) is 0.313. The quantitative estimate of drug-likeness (QED) is 0.711. The minimum absolute atomic E-state index is 0.0420. The molecule has 0 spiro atoms. The number of aromatic nitrogens is 2. The molecule has 0 saturated carbocycles. The van der Waals surface area contributed by atoms with Crippen molar-refractivity contribution in [3.8, 4) is 10.6 Å². The van der Waals surface area contributed by atoms with E-state index in [-0.39, 0.29) is 23.5 Å². The van der Waals surface area contributed by atoms with Crippen LogP contribution in [0.5, 0.6) is 0 Å². The van der Waals surface area contributed by atoms with Crippen LogP contribution in [0.15, 0.2) is 63.6 Å². The lowest BCUT2D eigenvalue weighted by Crippen LogP contribution is -2.32. The highest BCUT2D eigenvalue weighted by atomic mass is 32.2. The van der Waals surface area contributed by atoms with Crippen molar-refractivity contribution in [2.75, 3.05) is 6.54 Å². The molecule has 0 radical (unpaired) electrons. The Morgan fingerprint density at radius 1 is 1.16 bits per heavy atom. The van der Waals surface area contributed by atoms with Crippen molar-refractivity contribution in [3.05, 3.63) is 70.1 Å². The first-order chi connectivity index (χ1) is 12.0. The van der Waals surface area contributed by atoms with E-state index >= 15 is 0 Å². The molecule has 1 N–H and O–H groups in total. The van der Waals surface area contributed by atoms with Gasteiger partial charge in [-0.3, -0.25) is 4.79 Å². The van der Waals surface area contributed by atoms with Gasteiger partial charge in [-0.25, -0.2) is 22.2 Å². The number of hydrogen-bond donors (Lipinski definition) is 1. The third-order valence-electron chi connectivity index (χ3n) is 3.36. The zero-order chi connectivity index (χ0) is 17.9. The number of benzene rings is 1. The molecule has 9 heteroatoms. The first-order valence-corrected chi connectivity index (χ1v) is 9.69. The number of hydrogen-bond acceptors (Lipinski definition) is 5. The second-order valence-electron chi connectivity index (χ2n) is 5.11. The van der Waals surface area contributed by atoms with Crippen LogP contribution < -0.4 is 10.3 Å². The average molecular weight is 379 g/mol. The van der Waals surface area contributed by atoms with Gasteiger partial charge in [-0.15, -0.1) is 11.3 Å². The number of nitrogens with one attached hydrogen (secondary N) is 1. The van der Waals surface area contributed by atoms with Gasteiger partial charge in [0.1, 0.15) is 11.5 Å². The van der Waals surface area contributed by atoms with E-state index in [9.17, 15) is 17.6 Å². The van der Waals surface area contributed by atoms with Crippen molar-refractivity contribution >= 4 is 21.4 Å². The van der Waals surface area contributed by atoms with Crippen LogP contribution in [0, 0.1) is 5.82 Å². The van der Waals surface area contributed by atoms with Crippen molar-refractivity contribution in [3.63, 3.8) is 0 Å². The van der Waals surface area contributed by atoms with Gasteiger partial charge in [0.15, 0.2) is 0 Å². The highest BCUT2D eigenvalue weighted by Crippen LogP contribution is 2.21. The topological polar surface area (TPSA) is 81.1 Å². The van der Waals surface area contributed by atoms with Gasteiger partial charge in [0.25, 0.3) is 5.56 Å². The molecule has 2 heterocycles. The summed E-state index contributed by atoms with van der Waals surface area (Å²) in [5, 5.41) is 6.14. The first kappa shape index (κ1) is 17.5. The van der Waals surface area contributed by atoms with Gasteiger partial charge < -0.3 is 0 Å². The van der Waals surface area contributed by atoms with Crippen molar-refractivity contribution in [1.29, 1.82) is 0 Å². The number of thiophene rings is 1. The smallest absolute Gasteiger partial charge is 0.266 e. The van der Waals surface area contributed by atoms with Gasteiger partial charge in [0, 0.05) is 12.6 Å². The van der Waals surface area contributed by atoms with E-state index in [1.807, 2.05) is 17.5 Å². The Bertz CT molecular complexity index is 1030. The SMILES string of the molecule is O=c1ccc(-c2cccs2)nn1CCNS(=O)(=O)c1cccc(F)c1. The molecule has 0 saturated heterocycles. The molecule has 0 aliphatic carbocycles. The Kier molecular flexibility index (Phi) is 5.07. The second-order valence-corrected chi connectivity index (χ2v) is 7.83. The molecule has 3 aromatic rings. The molecule has 0 amide bonds. The van der Waals surface area contributed by atoms with Crippen LogP contribution in [-0.4, -0.2) is 24.7 Å². The third kappa shape index (κ3) is 4.19. The average Bonchev–Trinajstić information content (AvgIpc) is 3.11. The third-order valence-corrected chi connectivity index (χ3v) is 5.71. The zero-order valence-electron chi connectivity index (χ0n) is 12.9. The van der Waals surface area contributed by atoms with Crippen LogP contribution in [0.25, 0.3) is 10.6 Å². The number of halogens is 1. The molecule has 2 aromatic heterocycles. The second kappa shape index (κ2) is 7.26. The molecule has 0 aliphatic rings. The predicted molar refractivity (Wildman–Crippen MR) is 93.4 cm³/mol. The number of rotatable bonds is 6. The molecule has 6 nitrogen and oxygen atoms in total. The van der Waals surface area contributed by atoms with Crippen LogP contribution in [0.2, 0.25) is 0 Å². The molecule has 3 rings (SSSR count). The Labute approximate surface area is 147 Å². The van der Waals surface area contributed by atoms with Gasteiger partial charge in [-0.05, 0) is 35.7 Å². The fourth-order valence-electron chi connectivity index (χ4n) is 2.17. The van der Waals surface area contributed by atoms with Crippen LogP contribution in [0.4, 0.5) is 4.39 Å². The fraction of sp³-hybridized carbons (Fsp3) is 0.125. The molecule has 130 valence electrons.